The summed E-state index contributed by atoms with van der Waals surface area (Å²) in [5.74, 6) is -0.230. The van der Waals surface area contributed by atoms with E-state index in [-0.39, 0.29) is 5.82 Å². The maximum atomic E-state index is 14.5. The van der Waals surface area contributed by atoms with E-state index >= 15 is 0 Å². The molecule has 0 fully saturated rings. The third kappa shape index (κ3) is 3.42. The Morgan fingerprint density at radius 3 is 2.39 bits per heavy atom. The molecule has 0 bridgehead atoms. The van der Waals surface area contributed by atoms with E-state index in [1.54, 1.807) is 6.07 Å². The molecular weight excluding hydrogens is 305 g/mol. The summed E-state index contributed by atoms with van der Waals surface area (Å²) in [5, 5.41) is 5.57. The van der Waals surface area contributed by atoms with Gasteiger partial charge in [0.15, 0.2) is 0 Å². The molecule has 23 heavy (non-hydrogen) atoms. The molecule has 112 valence electrons. The molecule has 2 aromatic rings. The number of nitrogens with zero attached hydrogens (tertiary/aromatic N) is 1. The molecule has 1 aliphatic carbocycles. The van der Waals surface area contributed by atoms with Crippen molar-refractivity contribution in [2.45, 2.75) is 6.42 Å². The van der Waals surface area contributed by atoms with Crippen molar-refractivity contribution in [2.75, 3.05) is 0 Å². The van der Waals surface area contributed by atoms with E-state index in [2.05, 4.69) is 29.0 Å². The van der Waals surface area contributed by atoms with Crippen LogP contribution in [0.15, 0.2) is 71.4 Å². The summed E-state index contributed by atoms with van der Waals surface area (Å²) in [5.41, 5.74) is 1.83. The summed E-state index contributed by atoms with van der Waals surface area (Å²) < 4.78 is 14.5. The molecular formula is C20H14FNS. The van der Waals surface area contributed by atoms with Crippen LogP contribution in [0, 0.1) is 16.3 Å². The quantitative estimate of drug-likeness (QED) is 0.578. The number of aliphatic imine (C=N–C) groups is 1. The van der Waals surface area contributed by atoms with Crippen LogP contribution in [0.2, 0.25) is 0 Å². The number of allylic oxidation sites excluding steroid dienone is 3. The van der Waals surface area contributed by atoms with Crippen molar-refractivity contribution in [1.82, 2.24) is 0 Å². The second-order valence-electron chi connectivity index (χ2n) is 5.29. The van der Waals surface area contributed by atoms with Gasteiger partial charge in [-0.05, 0) is 52.0 Å². The third-order valence-corrected chi connectivity index (χ3v) is 3.86. The Hall–Kier alpha value is -2.61. The molecule has 0 aliphatic heterocycles. The zero-order chi connectivity index (χ0) is 16.2. The van der Waals surface area contributed by atoms with Gasteiger partial charge < -0.3 is 0 Å². The number of rotatable bonds is 1. The average Bonchev–Trinajstić information content (AvgIpc) is 2.57. The highest BCUT2D eigenvalue weighted by atomic mass is 32.1. The molecule has 0 unspecified atom stereocenters. The van der Waals surface area contributed by atoms with Crippen molar-refractivity contribution in [3.8, 4) is 0 Å². The smallest absolute Gasteiger partial charge is 0.131 e. The molecule has 0 aromatic heterocycles. The van der Waals surface area contributed by atoms with Crippen LogP contribution in [0.25, 0.3) is 12.2 Å². The van der Waals surface area contributed by atoms with Crippen LogP contribution in [-0.2, 0) is 0 Å². The molecule has 3 rings (SSSR count). The molecule has 3 heteroatoms. The molecule has 1 aliphatic rings. The van der Waals surface area contributed by atoms with Crippen molar-refractivity contribution in [1.29, 1.82) is 0 Å². The van der Waals surface area contributed by atoms with Crippen LogP contribution in [0.5, 0.6) is 0 Å². The SMILES string of the molecule is C=c1ccc(=c2cc/c(=C3/C=CC(N=C=S)=CC3)cc2F)cc1. The van der Waals surface area contributed by atoms with Gasteiger partial charge >= 0.3 is 0 Å². The van der Waals surface area contributed by atoms with Crippen molar-refractivity contribution >= 4 is 29.5 Å². The lowest BCUT2D eigenvalue weighted by Crippen LogP contribution is -2.07. The van der Waals surface area contributed by atoms with E-state index in [1.165, 1.54) is 0 Å². The lowest BCUT2D eigenvalue weighted by Gasteiger charge is -2.05. The van der Waals surface area contributed by atoms with E-state index in [1.807, 2.05) is 54.6 Å². The van der Waals surface area contributed by atoms with Crippen molar-refractivity contribution < 1.29 is 4.39 Å². The topological polar surface area (TPSA) is 12.4 Å². The lowest BCUT2D eigenvalue weighted by molar-refractivity contribution is 0.618. The monoisotopic (exact) mass is 319 g/mol. The lowest BCUT2D eigenvalue weighted by atomic mass is 10.0. The maximum absolute atomic E-state index is 14.5. The maximum Gasteiger partial charge on any atom is 0.131 e. The van der Waals surface area contributed by atoms with Crippen LogP contribution in [0.3, 0.4) is 0 Å². The van der Waals surface area contributed by atoms with E-state index < -0.39 is 0 Å². The van der Waals surface area contributed by atoms with Crippen LogP contribution < -0.4 is 10.4 Å². The van der Waals surface area contributed by atoms with Gasteiger partial charge in [-0.15, -0.1) is 0 Å². The number of halogens is 1. The molecule has 0 saturated heterocycles. The Labute approximate surface area is 138 Å². The van der Waals surface area contributed by atoms with E-state index in [0.29, 0.717) is 11.6 Å². The summed E-state index contributed by atoms with van der Waals surface area (Å²) in [4.78, 5) is 3.94. The molecule has 2 aromatic carbocycles. The highest BCUT2D eigenvalue weighted by molar-refractivity contribution is 7.78. The summed E-state index contributed by atoms with van der Waals surface area (Å²) in [6.45, 7) is 3.84. The average molecular weight is 319 g/mol. The fraction of sp³-hybridized carbons (Fsp3) is 0.0500. The van der Waals surface area contributed by atoms with Gasteiger partial charge in [-0.3, -0.25) is 0 Å². The zero-order valence-electron chi connectivity index (χ0n) is 12.4. The number of hydrogen-bond donors (Lipinski definition) is 0. The second kappa shape index (κ2) is 6.66. The normalized spacial score (nSPS) is 15.8. The van der Waals surface area contributed by atoms with Crippen LogP contribution in [0.1, 0.15) is 6.42 Å². The molecule has 0 amide bonds. The predicted molar refractivity (Wildman–Crippen MR) is 95.6 cm³/mol. The number of thiocarbonyl (C=S) groups is 1. The van der Waals surface area contributed by atoms with Gasteiger partial charge in [-0.2, -0.15) is 4.99 Å². The van der Waals surface area contributed by atoms with Gasteiger partial charge in [-0.25, -0.2) is 4.39 Å². The number of isothiocyanates is 1. The molecule has 0 heterocycles. The van der Waals surface area contributed by atoms with Gasteiger partial charge in [0.25, 0.3) is 0 Å². The third-order valence-electron chi connectivity index (χ3n) is 3.77. The summed E-state index contributed by atoms with van der Waals surface area (Å²) in [6.07, 6.45) is 6.45. The summed E-state index contributed by atoms with van der Waals surface area (Å²) >= 11 is 4.59. The molecule has 1 nitrogen and oxygen atoms in total. The van der Waals surface area contributed by atoms with E-state index in [9.17, 15) is 4.39 Å². The zero-order valence-corrected chi connectivity index (χ0v) is 13.2. The second-order valence-corrected chi connectivity index (χ2v) is 5.47. The first-order valence-corrected chi connectivity index (χ1v) is 7.62. The first kappa shape index (κ1) is 15.3. The first-order valence-electron chi connectivity index (χ1n) is 7.21. The van der Waals surface area contributed by atoms with Crippen molar-refractivity contribution in [3.05, 3.63) is 93.1 Å². The van der Waals surface area contributed by atoms with Crippen LogP contribution in [0.4, 0.5) is 4.39 Å². The van der Waals surface area contributed by atoms with Gasteiger partial charge in [0.1, 0.15) is 5.82 Å². The Morgan fingerprint density at radius 2 is 1.78 bits per heavy atom. The van der Waals surface area contributed by atoms with Gasteiger partial charge in [0, 0.05) is 5.22 Å². The fourth-order valence-electron chi connectivity index (χ4n) is 2.52. The van der Waals surface area contributed by atoms with Gasteiger partial charge in [0.2, 0.25) is 0 Å². The molecule has 0 saturated carbocycles. The molecule has 0 radical (unpaired) electrons. The van der Waals surface area contributed by atoms with Crippen LogP contribution >= 0.6 is 12.2 Å². The minimum absolute atomic E-state index is 0.230. The summed E-state index contributed by atoms with van der Waals surface area (Å²) in [7, 11) is 0. The van der Waals surface area contributed by atoms with Crippen molar-refractivity contribution in [2.24, 2.45) is 4.99 Å². The Balaban J connectivity index is 2.11. The Kier molecular flexibility index (Phi) is 4.42. The minimum Gasteiger partial charge on any atom is -0.206 e. The Morgan fingerprint density at radius 1 is 1.04 bits per heavy atom. The molecule has 0 N–H and O–H groups in total. The first-order chi connectivity index (χ1) is 11.2. The van der Waals surface area contributed by atoms with E-state index in [0.717, 1.165) is 26.9 Å². The molecule has 0 atom stereocenters. The fourth-order valence-corrected chi connectivity index (χ4v) is 2.62. The molecule has 0 spiro atoms. The summed E-state index contributed by atoms with van der Waals surface area (Å²) in [6, 6.07) is 12.9. The van der Waals surface area contributed by atoms with Crippen LogP contribution in [-0.4, -0.2) is 5.16 Å². The van der Waals surface area contributed by atoms with Gasteiger partial charge in [0.05, 0.1) is 10.9 Å². The van der Waals surface area contributed by atoms with E-state index in [4.69, 9.17) is 0 Å². The highest BCUT2D eigenvalue weighted by Gasteiger charge is 2.02. The predicted octanol–water partition coefficient (Wildman–Crippen LogP) is 3.62. The van der Waals surface area contributed by atoms with Crippen molar-refractivity contribution in [3.63, 3.8) is 0 Å². The number of hydrogen-bond acceptors (Lipinski definition) is 2. The number of benzene rings is 2. The standard InChI is InChI=1S/C20H14FNS/c1-14-2-4-16(5-3-14)19-11-8-17(12-20(19)21)15-6-9-18(10-7-15)22-13-23/h2-6,8-12H,1,7H2/b17-15+. The Bertz CT molecular complexity index is 1050. The van der Waals surface area contributed by atoms with Gasteiger partial charge in [-0.1, -0.05) is 55.1 Å². The highest BCUT2D eigenvalue weighted by Crippen LogP contribution is 2.16. The minimum atomic E-state index is -0.230. The largest absolute Gasteiger partial charge is 0.206 e.